The van der Waals surface area contributed by atoms with Gasteiger partial charge in [0, 0.05) is 12.6 Å². The first-order valence-electron chi connectivity index (χ1n) is 8.49. The van der Waals surface area contributed by atoms with Crippen molar-refractivity contribution in [2.24, 2.45) is 5.92 Å². The van der Waals surface area contributed by atoms with E-state index in [-0.39, 0.29) is 24.3 Å². The molecule has 1 aliphatic heterocycles. The highest BCUT2D eigenvalue weighted by molar-refractivity contribution is 5.89. The maximum absolute atomic E-state index is 14.2. The largest absolute Gasteiger partial charge is 0.462 e. The second-order valence-electron chi connectivity index (χ2n) is 6.39. The van der Waals surface area contributed by atoms with Gasteiger partial charge in [0.15, 0.2) is 0 Å². The molecule has 0 amide bonds. The van der Waals surface area contributed by atoms with Crippen molar-refractivity contribution in [1.29, 1.82) is 0 Å². The number of benzene rings is 1. The number of rotatable bonds is 6. The zero-order chi connectivity index (χ0) is 16.2. The minimum absolute atomic E-state index is 0.00653. The van der Waals surface area contributed by atoms with Crippen LogP contribution in [-0.4, -0.2) is 31.8 Å². The van der Waals surface area contributed by atoms with E-state index in [1.807, 2.05) is 0 Å². The summed E-state index contributed by atoms with van der Waals surface area (Å²) in [6, 6.07) is 4.82. The fourth-order valence-electron chi connectivity index (χ4n) is 2.97. The van der Waals surface area contributed by atoms with Crippen LogP contribution < -0.4 is 5.32 Å². The molecule has 23 heavy (non-hydrogen) atoms. The Balaban J connectivity index is 1.63. The quantitative estimate of drug-likeness (QED) is 0.817. The number of hydrogen-bond acceptors (Lipinski definition) is 4. The topological polar surface area (TPSA) is 47.6 Å². The molecule has 1 aromatic carbocycles. The van der Waals surface area contributed by atoms with Gasteiger partial charge in [-0.05, 0) is 62.8 Å². The van der Waals surface area contributed by atoms with Crippen molar-refractivity contribution < 1.29 is 18.7 Å². The van der Waals surface area contributed by atoms with Gasteiger partial charge in [-0.15, -0.1) is 0 Å². The lowest BCUT2D eigenvalue weighted by molar-refractivity contribution is 0.0158. The number of piperidine rings is 1. The van der Waals surface area contributed by atoms with Crippen LogP contribution in [0.4, 0.5) is 4.39 Å². The Morgan fingerprint density at radius 2 is 2.17 bits per heavy atom. The van der Waals surface area contributed by atoms with Gasteiger partial charge in [0.25, 0.3) is 0 Å². The van der Waals surface area contributed by atoms with Gasteiger partial charge < -0.3 is 14.8 Å². The summed E-state index contributed by atoms with van der Waals surface area (Å²) in [5.74, 6) is -0.382. The Bertz CT molecular complexity index is 559. The van der Waals surface area contributed by atoms with Crippen LogP contribution in [0, 0.1) is 11.7 Å². The third kappa shape index (κ3) is 4.30. The molecule has 2 aliphatic rings. The summed E-state index contributed by atoms with van der Waals surface area (Å²) < 4.78 is 25.0. The van der Waals surface area contributed by atoms with E-state index in [9.17, 15) is 9.18 Å². The maximum Gasteiger partial charge on any atom is 0.341 e. The Morgan fingerprint density at radius 1 is 1.35 bits per heavy atom. The molecule has 3 rings (SSSR count). The minimum atomic E-state index is -0.612. The zero-order valence-electron chi connectivity index (χ0n) is 13.5. The van der Waals surface area contributed by atoms with Gasteiger partial charge >= 0.3 is 5.97 Å². The molecule has 4 nitrogen and oxygen atoms in total. The van der Waals surface area contributed by atoms with Gasteiger partial charge in [-0.1, -0.05) is 6.07 Å². The lowest BCUT2D eigenvalue weighted by Gasteiger charge is -2.31. The summed E-state index contributed by atoms with van der Waals surface area (Å²) >= 11 is 0. The molecule has 2 fully saturated rings. The van der Waals surface area contributed by atoms with E-state index in [4.69, 9.17) is 9.47 Å². The predicted molar refractivity (Wildman–Crippen MR) is 84.8 cm³/mol. The van der Waals surface area contributed by atoms with Gasteiger partial charge in [0.1, 0.15) is 5.82 Å². The van der Waals surface area contributed by atoms with Gasteiger partial charge in [-0.3, -0.25) is 0 Å². The third-order valence-corrected chi connectivity index (χ3v) is 4.51. The Hall–Kier alpha value is -1.46. The summed E-state index contributed by atoms with van der Waals surface area (Å²) in [5, 5.41) is 3.41. The van der Waals surface area contributed by atoms with Crippen molar-refractivity contribution in [3.05, 3.63) is 35.1 Å². The molecule has 1 heterocycles. The van der Waals surface area contributed by atoms with Crippen molar-refractivity contribution in [3.8, 4) is 0 Å². The molecule has 1 saturated heterocycles. The fourth-order valence-corrected chi connectivity index (χ4v) is 2.97. The summed E-state index contributed by atoms with van der Waals surface area (Å²) in [5.41, 5.74) is 0.850. The van der Waals surface area contributed by atoms with Gasteiger partial charge in [0.05, 0.1) is 18.3 Å². The molecule has 1 saturated carbocycles. The summed E-state index contributed by atoms with van der Waals surface area (Å²) in [4.78, 5) is 11.7. The average molecular weight is 321 g/mol. The fraction of sp³-hybridized carbons (Fsp3) is 0.611. The molecule has 0 aromatic heterocycles. The van der Waals surface area contributed by atoms with E-state index in [2.05, 4.69) is 5.32 Å². The highest BCUT2D eigenvalue weighted by Gasteiger charge is 2.27. The standard InChI is InChI=1S/C18H24FNO3/c1-2-22-18(21)15-6-5-13(9-16(15)19)17-10-14(7-8-20-17)23-11-12-3-4-12/h5-6,9,12,14,17,20H,2-4,7-8,10-11H2,1H3/t14?,17-/m0/s1. The van der Waals surface area contributed by atoms with Crippen LogP contribution in [0.25, 0.3) is 0 Å². The molecule has 1 aromatic rings. The van der Waals surface area contributed by atoms with E-state index in [1.54, 1.807) is 13.0 Å². The second kappa shape index (κ2) is 7.41. The van der Waals surface area contributed by atoms with Crippen LogP contribution in [0.2, 0.25) is 0 Å². The lowest BCUT2D eigenvalue weighted by Crippen LogP contribution is -2.36. The van der Waals surface area contributed by atoms with Crippen LogP contribution >= 0.6 is 0 Å². The number of nitrogens with one attached hydrogen (secondary N) is 1. The van der Waals surface area contributed by atoms with E-state index in [0.717, 1.165) is 37.5 Å². The molecule has 1 unspecified atom stereocenters. The van der Waals surface area contributed by atoms with E-state index in [0.29, 0.717) is 0 Å². The van der Waals surface area contributed by atoms with Crippen molar-refractivity contribution in [1.82, 2.24) is 5.32 Å². The molecule has 0 radical (unpaired) electrons. The van der Waals surface area contributed by atoms with E-state index in [1.165, 1.54) is 25.0 Å². The summed E-state index contributed by atoms with van der Waals surface area (Å²) in [6.07, 6.45) is 4.64. The Labute approximate surface area is 136 Å². The number of ether oxygens (including phenoxy) is 2. The van der Waals surface area contributed by atoms with E-state index < -0.39 is 11.8 Å². The monoisotopic (exact) mass is 321 g/mol. The SMILES string of the molecule is CCOC(=O)c1ccc([C@@H]2CC(OCC3CC3)CCN2)cc1F. The van der Waals surface area contributed by atoms with Crippen molar-refractivity contribution in [2.75, 3.05) is 19.8 Å². The minimum Gasteiger partial charge on any atom is -0.462 e. The van der Waals surface area contributed by atoms with Gasteiger partial charge in [0.2, 0.25) is 0 Å². The molecule has 5 heteroatoms. The molecule has 1 N–H and O–H groups in total. The maximum atomic E-state index is 14.2. The predicted octanol–water partition coefficient (Wildman–Crippen LogP) is 3.22. The van der Waals surface area contributed by atoms with Crippen molar-refractivity contribution in [2.45, 2.75) is 44.8 Å². The summed E-state index contributed by atoms with van der Waals surface area (Å²) in [6.45, 7) is 3.66. The van der Waals surface area contributed by atoms with Gasteiger partial charge in [-0.2, -0.15) is 0 Å². The van der Waals surface area contributed by atoms with Crippen molar-refractivity contribution >= 4 is 5.97 Å². The van der Waals surface area contributed by atoms with E-state index >= 15 is 0 Å². The smallest absolute Gasteiger partial charge is 0.341 e. The van der Waals surface area contributed by atoms with Crippen LogP contribution in [-0.2, 0) is 9.47 Å². The van der Waals surface area contributed by atoms with Crippen molar-refractivity contribution in [3.63, 3.8) is 0 Å². The average Bonchev–Trinajstić information content (AvgIpc) is 3.37. The first-order valence-corrected chi connectivity index (χ1v) is 8.49. The normalized spacial score (nSPS) is 24.4. The van der Waals surface area contributed by atoms with Gasteiger partial charge in [-0.25, -0.2) is 9.18 Å². The molecular formula is C18H24FNO3. The molecule has 2 atom stereocenters. The Morgan fingerprint density at radius 3 is 2.87 bits per heavy atom. The number of hydrogen-bond donors (Lipinski definition) is 1. The first-order chi connectivity index (χ1) is 11.2. The molecule has 1 aliphatic carbocycles. The number of esters is 1. The number of carbonyl (C=O) groups is 1. The molecule has 0 spiro atoms. The van der Waals surface area contributed by atoms with Crippen LogP contribution in [0.15, 0.2) is 18.2 Å². The highest BCUT2D eigenvalue weighted by Crippen LogP contribution is 2.31. The molecular weight excluding hydrogens is 297 g/mol. The molecule has 126 valence electrons. The highest BCUT2D eigenvalue weighted by atomic mass is 19.1. The Kier molecular flexibility index (Phi) is 5.28. The third-order valence-electron chi connectivity index (χ3n) is 4.51. The first kappa shape index (κ1) is 16.4. The second-order valence-corrected chi connectivity index (χ2v) is 6.39. The van der Waals surface area contributed by atoms with Crippen LogP contribution in [0.3, 0.4) is 0 Å². The zero-order valence-corrected chi connectivity index (χ0v) is 13.5. The number of halogens is 1. The van der Waals surface area contributed by atoms with Crippen LogP contribution in [0.5, 0.6) is 0 Å². The summed E-state index contributed by atoms with van der Waals surface area (Å²) in [7, 11) is 0. The lowest BCUT2D eigenvalue weighted by atomic mass is 9.94. The molecule has 0 bridgehead atoms. The number of carbonyl (C=O) groups excluding carboxylic acids is 1. The van der Waals surface area contributed by atoms with Crippen LogP contribution in [0.1, 0.15) is 54.6 Å².